The van der Waals surface area contributed by atoms with E-state index in [0.29, 0.717) is 6.04 Å². The molecule has 1 aliphatic heterocycles. The summed E-state index contributed by atoms with van der Waals surface area (Å²) in [6, 6.07) is 4.86. The van der Waals surface area contributed by atoms with E-state index in [2.05, 4.69) is 11.8 Å². The van der Waals surface area contributed by atoms with Crippen LogP contribution in [-0.2, 0) is 0 Å². The highest BCUT2D eigenvalue weighted by Crippen LogP contribution is 2.28. The summed E-state index contributed by atoms with van der Waals surface area (Å²) in [4.78, 5) is 2.30. The van der Waals surface area contributed by atoms with Crippen molar-refractivity contribution in [3.63, 3.8) is 0 Å². The molecule has 2 N–H and O–H groups in total. The highest BCUT2D eigenvalue weighted by Gasteiger charge is 2.27. The summed E-state index contributed by atoms with van der Waals surface area (Å²) in [5.74, 6) is -1.57. The summed E-state index contributed by atoms with van der Waals surface area (Å²) in [5.41, 5.74) is 6.75. The van der Waals surface area contributed by atoms with E-state index < -0.39 is 11.6 Å². The van der Waals surface area contributed by atoms with Gasteiger partial charge in [-0.2, -0.15) is 0 Å². The first-order valence-electron chi connectivity index (χ1n) is 6.45. The molecule has 0 aliphatic carbocycles. The third-order valence-electron chi connectivity index (χ3n) is 3.89. The minimum Gasteiger partial charge on any atom is -0.328 e. The quantitative estimate of drug-likeness (QED) is 0.879. The van der Waals surface area contributed by atoms with Gasteiger partial charge in [-0.3, -0.25) is 4.90 Å². The summed E-state index contributed by atoms with van der Waals surface area (Å²) in [6.07, 6.45) is 1.91. The Kier molecular flexibility index (Phi) is 3.97. The third kappa shape index (κ3) is 2.70. The second-order valence-electron chi connectivity index (χ2n) is 5.22. The van der Waals surface area contributed by atoms with Crippen LogP contribution in [0.3, 0.4) is 0 Å². The van der Waals surface area contributed by atoms with Crippen LogP contribution in [0.5, 0.6) is 0 Å². The van der Waals surface area contributed by atoms with Gasteiger partial charge < -0.3 is 5.73 Å². The molecule has 0 aromatic heterocycles. The Bertz CT molecular complexity index is 422. The molecule has 2 rings (SSSR count). The van der Waals surface area contributed by atoms with Crippen molar-refractivity contribution < 1.29 is 8.78 Å². The highest BCUT2D eigenvalue weighted by atomic mass is 19.2. The first-order chi connectivity index (χ1) is 8.49. The maximum atomic E-state index is 13.3. The number of likely N-dealkylation sites (tertiary alicyclic amines) is 1. The molecule has 1 heterocycles. The molecule has 1 saturated heterocycles. The van der Waals surface area contributed by atoms with Gasteiger partial charge in [0.1, 0.15) is 0 Å². The molecule has 1 fully saturated rings. The average molecular weight is 254 g/mol. The second kappa shape index (κ2) is 5.33. The molecule has 0 amide bonds. The van der Waals surface area contributed by atoms with Gasteiger partial charge in [-0.1, -0.05) is 6.07 Å². The molecule has 1 aromatic rings. The smallest absolute Gasteiger partial charge is 0.159 e. The van der Waals surface area contributed by atoms with Crippen molar-refractivity contribution in [2.75, 3.05) is 6.54 Å². The Morgan fingerprint density at radius 2 is 2.06 bits per heavy atom. The Labute approximate surface area is 107 Å². The summed E-state index contributed by atoms with van der Waals surface area (Å²) < 4.78 is 26.2. The summed E-state index contributed by atoms with van der Waals surface area (Å²) in [7, 11) is 0. The van der Waals surface area contributed by atoms with Crippen LogP contribution in [-0.4, -0.2) is 23.5 Å². The third-order valence-corrected chi connectivity index (χ3v) is 3.89. The molecule has 3 atom stereocenters. The van der Waals surface area contributed by atoms with Crippen LogP contribution in [0.25, 0.3) is 0 Å². The van der Waals surface area contributed by atoms with E-state index in [4.69, 9.17) is 5.73 Å². The van der Waals surface area contributed by atoms with Crippen LogP contribution in [0.15, 0.2) is 18.2 Å². The fraction of sp³-hybridized carbons (Fsp3) is 0.571. The SMILES string of the molecule is CC1CC(N)CCN1C(C)c1ccc(F)c(F)c1. The molecule has 4 heteroatoms. The highest BCUT2D eigenvalue weighted by molar-refractivity contribution is 5.21. The first-order valence-corrected chi connectivity index (χ1v) is 6.45. The zero-order valence-electron chi connectivity index (χ0n) is 10.9. The molecule has 0 saturated carbocycles. The zero-order valence-corrected chi connectivity index (χ0v) is 10.9. The topological polar surface area (TPSA) is 29.3 Å². The van der Waals surface area contributed by atoms with Gasteiger partial charge >= 0.3 is 0 Å². The predicted molar refractivity (Wildman–Crippen MR) is 68.2 cm³/mol. The number of hydrogen-bond donors (Lipinski definition) is 1. The van der Waals surface area contributed by atoms with Crippen molar-refractivity contribution in [3.05, 3.63) is 35.4 Å². The molecule has 0 spiro atoms. The van der Waals surface area contributed by atoms with Gasteiger partial charge in [-0.15, -0.1) is 0 Å². The zero-order chi connectivity index (χ0) is 13.3. The molecule has 0 bridgehead atoms. The largest absolute Gasteiger partial charge is 0.328 e. The lowest BCUT2D eigenvalue weighted by Crippen LogP contribution is -2.46. The normalized spacial score (nSPS) is 27.2. The van der Waals surface area contributed by atoms with Gasteiger partial charge in [0.15, 0.2) is 11.6 Å². The van der Waals surface area contributed by atoms with Crippen molar-refractivity contribution in [2.45, 2.75) is 44.8 Å². The summed E-state index contributed by atoms with van der Waals surface area (Å²) >= 11 is 0. The monoisotopic (exact) mass is 254 g/mol. The Morgan fingerprint density at radius 1 is 1.33 bits per heavy atom. The maximum Gasteiger partial charge on any atom is 0.159 e. The van der Waals surface area contributed by atoms with Crippen LogP contribution in [0, 0.1) is 11.6 Å². The number of benzene rings is 1. The Hall–Kier alpha value is -1.00. The lowest BCUT2D eigenvalue weighted by Gasteiger charge is -2.40. The molecule has 1 aromatic carbocycles. The Balaban J connectivity index is 2.15. The van der Waals surface area contributed by atoms with Crippen LogP contribution in [0.2, 0.25) is 0 Å². The number of piperidine rings is 1. The van der Waals surface area contributed by atoms with Crippen LogP contribution in [0.4, 0.5) is 8.78 Å². The average Bonchev–Trinajstić information content (AvgIpc) is 2.32. The first kappa shape index (κ1) is 13.4. The standard InChI is InChI=1S/C14H20F2N2/c1-9-7-12(17)5-6-18(9)10(2)11-3-4-13(15)14(16)8-11/h3-4,8-10,12H,5-7,17H2,1-2H3. The summed E-state index contributed by atoms with van der Waals surface area (Å²) in [5, 5.41) is 0. The van der Waals surface area contributed by atoms with E-state index in [1.54, 1.807) is 6.07 Å². The number of hydrogen-bond acceptors (Lipinski definition) is 2. The minimum absolute atomic E-state index is 0.0857. The fourth-order valence-electron chi connectivity index (χ4n) is 2.77. The van der Waals surface area contributed by atoms with Crippen molar-refractivity contribution in [1.82, 2.24) is 4.90 Å². The van der Waals surface area contributed by atoms with E-state index >= 15 is 0 Å². The molecule has 3 unspecified atom stereocenters. The Morgan fingerprint density at radius 3 is 2.67 bits per heavy atom. The minimum atomic E-state index is -0.792. The summed E-state index contributed by atoms with van der Waals surface area (Å²) in [6.45, 7) is 5.07. The molecule has 1 aliphatic rings. The van der Waals surface area contributed by atoms with Crippen LogP contribution >= 0.6 is 0 Å². The fourth-order valence-corrected chi connectivity index (χ4v) is 2.77. The molecule has 0 radical (unpaired) electrons. The van der Waals surface area contributed by atoms with Gasteiger partial charge in [0, 0.05) is 24.7 Å². The lowest BCUT2D eigenvalue weighted by atomic mass is 9.95. The second-order valence-corrected chi connectivity index (χ2v) is 5.22. The van der Waals surface area contributed by atoms with Crippen molar-refractivity contribution in [1.29, 1.82) is 0 Å². The van der Waals surface area contributed by atoms with Crippen molar-refractivity contribution >= 4 is 0 Å². The molecular weight excluding hydrogens is 234 g/mol. The van der Waals surface area contributed by atoms with E-state index in [1.165, 1.54) is 12.1 Å². The van der Waals surface area contributed by atoms with Gasteiger partial charge in [0.25, 0.3) is 0 Å². The molecule has 18 heavy (non-hydrogen) atoms. The number of rotatable bonds is 2. The number of nitrogens with two attached hydrogens (primary N) is 1. The number of halogens is 2. The van der Waals surface area contributed by atoms with E-state index in [1.807, 2.05) is 6.92 Å². The molecule has 2 nitrogen and oxygen atoms in total. The van der Waals surface area contributed by atoms with Crippen molar-refractivity contribution in [2.24, 2.45) is 5.73 Å². The van der Waals surface area contributed by atoms with E-state index in [-0.39, 0.29) is 12.1 Å². The number of nitrogens with zero attached hydrogens (tertiary/aromatic N) is 1. The van der Waals surface area contributed by atoms with Gasteiger partial charge in [-0.05, 0) is 44.4 Å². The van der Waals surface area contributed by atoms with E-state index in [0.717, 1.165) is 24.9 Å². The lowest BCUT2D eigenvalue weighted by molar-refractivity contribution is 0.104. The van der Waals surface area contributed by atoms with Gasteiger partial charge in [-0.25, -0.2) is 8.78 Å². The van der Waals surface area contributed by atoms with Crippen LogP contribution < -0.4 is 5.73 Å². The van der Waals surface area contributed by atoms with Gasteiger partial charge in [0.05, 0.1) is 0 Å². The molecule has 100 valence electrons. The predicted octanol–water partition coefficient (Wildman–Crippen LogP) is 2.84. The van der Waals surface area contributed by atoms with Gasteiger partial charge in [0.2, 0.25) is 0 Å². The van der Waals surface area contributed by atoms with E-state index in [9.17, 15) is 8.78 Å². The van der Waals surface area contributed by atoms with Crippen LogP contribution in [0.1, 0.15) is 38.3 Å². The van der Waals surface area contributed by atoms with Crippen molar-refractivity contribution in [3.8, 4) is 0 Å². The maximum absolute atomic E-state index is 13.3. The molecular formula is C14H20F2N2.